The standard InChI is InChI=1S/C12H30NO6Si2.C9H23NO3Si.2C3H7O.Al/c1-9(2)15-20(13,16-10(3)4)19-21(14,17-11(5)6)18-12(7)8;1-7(2)11-14(10,12-8(3)4)13-9(5)6;2*1-3(2)4;/h9-12H,13H2,1-8H3;7-9H,10H2,1-6H3;2*3H,1-2H3;/q-1;;2*-1;+3. The molecule has 0 saturated carbocycles. The van der Waals surface area contributed by atoms with Gasteiger partial charge in [-0.05, 0) is 125 Å². The van der Waals surface area contributed by atoms with Crippen LogP contribution in [0.4, 0.5) is 0 Å². The molecule has 0 aliphatic rings. The van der Waals surface area contributed by atoms with Crippen LogP contribution in [0.15, 0.2) is 0 Å². The zero-order chi connectivity index (χ0) is 35.1. The summed E-state index contributed by atoms with van der Waals surface area (Å²) in [5.74, 6) is 0. The van der Waals surface area contributed by atoms with Crippen LogP contribution in [0.1, 0.15) is 125 Å². The lowest BCUT2D eigenvalue weighted by Crippen LogP contribution is -2.68. The molecule has 13 nitrogen and oxygen atoms in total. The van der Waals surface area contributed by atoms with Crippen LogP contribution in [0.3, 0.4) is 0 Å². The van der Waals surface area contributed by atoms with Gasteiger partial charge in [0.2, 0.25) is 0 Å². The van der Waals surface area contributed by atoms with Crippen molar-refractivity contribution in [3.8, 4) is 0 Å². The molecule has 0 heterocycles. The molecular formula is C27H67AlN2O11Si3. The van der Waals surface area contributed by atoms with Gasteiger partial charge in [-0.3, -0.25) is 10.8 Å². The van der Waals surface area contributed by atoms with Crippen molar-refractivity contribution >= 4 is 42.1 Å². The maximum Gasteiger partial charge on any atom is 0.899 e. The molecule has 0 aromatic heterocycles. The summed E-state index contributed by atoms with van der Waals surface area (Å²) in [4.78, 5) is 0. The van der Waals surface area contributed by atoms with Crippen LogP contribution in [0.5, 0.6) is 0 Å². The normalized spacial score (nSPS) is 13.6. The summed E-state index contributed by atoms with van der Waals surface area (Å²) in [5.41, 5.74) is 0. The fourth-order valence-electron chi connectivity index (χ4n) is 3.36. The summed E-state index contributed by atoms with van der Waals surface area (Å²) >= 11 is -2.71. The zero-order valence-corrected chi connectivity index (χ0v) is 35.1. The van der Waals surface area contributed by atoms with E-state index in [-0.39, 0.29) is 54.9 Å². The molecule has 0 fully saturated rings. The van der Waals surface area contributed by atoms with Gasteiger partial charge in [-0.15, -0.1) is 0 Å². The summed E-state index contributed by atoms with van der Waals surface area (Å²) in [7, 11) is -10.5. The lowest BCUT2D eigenvalue weighted by atomic mass is 10.5. The maximum atomic E-state index is 6.52. The van der Waals surface area contributed by atoms with Crippen molar-refractivity contribution in [2.24, 2.45) is 10.8 Å². The Kier molecular flexibility index (Phi) is 23.7. The van der Waals surface area contributed by atoms with Crippen molar-refractivity contribution in [2.45, 2.75) is 180 Å². The van der Waals surface area contributed by atoms with E-state index < -0.39 is 42.1 Å². The molecule has 0 aliphatic heterocycles. The first kappa shape index (κ1) is 46.8. The summed E-state index contributed by atoms with van der Waals surface area (Å²) < 4.78 is 65.2. The van der Waals surface area contributed by atoms with E-state index in [2.05, 4.69) is 0 Å². The van der Waals surface area contributed by atoms with Crippen molar-refractivity contribution in [3.05, 3.63) is 0 Å². The molecule has 44 heavy (non-hydrogen) atoms. The molecule has 0 spiro atoms. The molecule has 0 radical (unpaired) electrons. The topological polar surface area (TPSA) is 154 Å². The van der Waals surface area contributed by atoms with Crippen LogP contribution < -0.4 is 10.8 Å². The highest BCUT2D eigenvalue weighted by atomic mass is 28.5. The van der Waals surface area contributed by atoms with Crippen LogP contribution in [0.2, 0.25) is 0 Å². The zero-order valence-electron chi connectivity index (χ0n) is 30.9. The van der Waals surface area contributed by atoms with E-state index in [0.29, 0.717) is 0 Å². The Hall–Kier alpha value is 0.663. The van der Waals surface area contributed by atoms with Crippen LogP contribution in [-0.2, 0) is 46.2 Å². The van der Waals surface area contributed by atoms with Crippen LogP contribution in [0.25, 0.3) is 0 Å². The van der Waals surface area contributed by atoms with E-state index in [0.717, 1.165) is 0 Å². The fraction of sp³-hybridized carbons (Fsp3) is 1.00. The highest BCUT2D eigenvalue weighted by molar-refractivity contribution is 6.73. The van der Waals surface area contributed by atoms with Gasteiger partial charge in [-0.2, -0.15) is 0 Å². The number of hydrogen-bond acceptors (Lipinski definition) is 13. The monoisotopic (exact) mass is 706 g/mol. The van der Waals surface area contributed by atoms with Crippen molar-refractivity contribution in [3.63, 3.8) is 0 Å². The second-order valence-corrected chi connectivity index (χ2v) is 20.7. The summed E-state index contributed by atoms with van der Waals surface area (Å²) in [6.07, 6.45) is -1.14. The highest BCUT2D eigenvalue weighted by Gasteiger charge is 2.61. The third kappa shape index (κ3) is 24.8. The van der Waals surface area contributed by atoms with Crippen molar-refractivity contribution in [2.75, 3.05) is 0 Å². The first-order valence-corrected chi connectivity index (χ1v) is 22.5. The first-order chi connectivity index (χ1) is 19.8. The van der Waals surface area contributed by atoms with E-state index in [9.17, 15) is 0 Å². The van der Waals surface area contributed by atoms with E-state index in [1.54, 1.807) is 0 Å². The minimum atomic E-state index is -3.89. The van der Waals surface area contributed by atoms with E-state index in [1.165, 1.54) is 0 Å². The average Bonchev–Trinajstić information content (AvgIpc) is 2.67. The second kappa shape index (κ2) is 22.3. The van der Waals surface area contributed by atoms with Crippen LogP contribution in [-0.4, -0.2) is 97.1 Å². The van der Waals surface area contributed by atoms with Gasteiger partial charge in [0.1, 0.15) is 0 Å². The molecule has 0 bridgehead atoms. The van der Waals surface area contributed by atoms with E-state index in [4.69, 9.17) is 57.0 Å². The predicted octanol–water partition coefficient (Wildman–Crippen LogP) is 5.04. The van der Waals surface area contributed by atoms with Gasteiger partial charge in [0.05, 0.1) is 0 Å². The summed E-state index contributed by atoms with van der Waals surface area (Å²) in [5, 5.41) is 12.5. The van der Waals surface area contributed by atoms with Gasteiger partial charge in [0.15, 0.2) is 0 Å². The van der Waals surface area contributed by atoms with Crippen molar-refractivity contribution in [1.29, 1.82) is 0 Å². The molecule has 0 atom stereocenters. The smallest absolute Gasteiger partial charge is 0.453 e. The molecule has 0 unspecified atom stereocenters. The molecule has 266 valence electrons. The Morgan fingerprint density at radius 1 is 0.364 bits per heavy atom. The molecule has 4 N–H and O–H groups in total. The lowest BCUT2D eigenvalue weighted by molar-refractivity contribution is -0.0544. The molecule has 0 rings (SSSR count). The van der Waals surface area contributed by atoms with E-state index >= 15 is 0 Å². The Bertz CT molecular complexity index is 681. The third-order valence-corrected chi connectivity index (χ3v) is 15.1. The molecule has 0 aromatic rings. The minimum absolute atomic E-state index is 0.0177. The Labute approximate surface area is 277 Å². The quantitative estimate of drug-likeness (QED) is 0.145. The Morgan fingerprint density at radius 2 is 0.614 bits per heavy atom. The first-order valence-electron chi connectivity index (χ1n) is 15.8. The Morgan fingerprint density at radius 3 is 0.841 bits per heavy atom. The molecular weight excluding hydrogens is 640 g/mol. The van der Waals surface area contributed by atoms with Gasteiger partial charge in [-0.1, -0.05) is 0 Å². The van der Waals surface area contributed by atoms with Gasteiger partial charge >= 0.3 is 42.1 Å². The molecule has 0 saturated heterocycles. The fourth-order valence-corrected chi connectivity index (χ4v) is 13.7. The average molecular weight is 707 g/mol. The van der Waals surface area contributed by atoms with Gasteiger partial charge in [0, 0.05) is 54.9 Å². The van der Waals surface area contributed by atoms with Crippen molar-refractivity contribution < 1.29 is 46.2 Å². The highest BCUT2D eigenvalue weighted by Crippen LogP contribution is 2.25. The summed E-state index contributed by atoms with van der Waals surface area (Å²) in [6, 6.07) is 0. The lowest BCUT2D eigenvalue weighted by Gasteiger charge is -2.39. The molecule has 0 amide bonds. The summed E-state index contributed by atoms with van der Waals surface area (Å²) in [6.45, 7) is 34.1. The number of rotatable bonds is 22. The van der Waals surface area contributed by atoms with E-state index in [1.807, 2.05) is 125 Å². The number of hydrogen-bond donors (Lipinski definition) is 2. The SMILES string of the molecule is CC(C)O[Si](N)(OC(C)C)OC(C)C.CC(C)[O][Al]([O]C(C)C)[O][Si](OC(C)C)(OC(C)C)O[Si](N)(OC(C)C)OC(C)C. The van der Waals surface area contributed by atoms with Gasteiger partial charge < -0.3 is 46.2 Å². The predicted molar refractivity (Wildman–Crippen MR) is 180 cm³/mol. The van der Waals surface area contributed by atoms with Gasteiger partial charge in [0.25, 0.3) is 0 Å². The molecule has 0 aromatic carbocycles. The van der Waals surface area contributed by atoms with Crippen LogP contribution >= 0.6 is 0 Å². The number of nitrogens with two attached hydrogens (primary N) is 2. The molecule has 17 heteroatoms. The maximum absolute atomic E-state index is 6.52. The molecule has 0 aliphatic carbocycles. The third-order valence-electron chi connectivity index (χ3n) is 4.03. The largest absolute Gasteiger partial charge is 0.899 e. The second-order valence-electron chi connectivity index (χ2n) is 12.8. The minimum Gasteiger partial charge on any atom is -0.453 e. The Balaban J connectivity index is 0. The van der Waals surface area contributed by atoms with Crippen molar-refractivity contribution in [1.82, 2.24) is 0 Å². The van der Waals surface area contributed by atoms with Gasteiger partial charge in [-0.25, -0.2) is 0 Å². The van der Waals surface area contributed by atoms with Crippen LogP contribution in [0, 0.1) is 0 Å².